The maximum atomic E-state index is 13.1. The summed E-state index contributed by atoms with van der Waals surface area (Å²) in [5.41, 5.74) is 1.77. The minimum atomic E-state index is -0.576. The van der Waals surface area contributed by atoms with Crippen molar-refractivity contribution in [2.24, 2.45) is 0 Å². The van der Waals surface area contributed by atoms with Crippen molar-refractivity contribution >= 4 is 11.8 Å². The Morgan fingerprint density at radius 1 is 1.00 bits per heavy atom. The van der Waals surface area contributed by atoms with Crippen LogP contribution in [0, 0.1) is 0 Å². The van der Waals surface area contributed by atoms with Crippen molar-refractivity contribution in [2.75, 3.05) is 20.8 Å². The molecular formula is C22H28N2O4. The molecule has 2 rings (SSSR count). The van der Waals surface area contributed by atoms with Crippen molar-refractivity contribution in [2.45, 2.75) is 32.9 Å². The zero-order valence-electron chi connectivity index (χ0n) is 16.9. The molecule has 2 amide bonds. The highest BCUT2D eigenvalue weighted by atomic mass is 16.5. The predicted octanol–water partition coefficient (Wildman–Crippen LogP) is 2.80. The van der Waals surface area contributed by atoms with Gasteiger partial charge >= 0.3 is 0 Å². The maximum Gasteiger partial charge on any atom is 0.242 e. The number of nitrogens with zero attached hydrogens (tertiary/aromatic N) is 1. The fourth-order valence-electron chi connectivity index (χ4n) is 2.95. The number of rotatable bonds is 9. The lowest BCUT2D eigenvalue weighted by Crippen LogP contribution is -2.48. The molecule has 2 aromatic carbocycles. The van der Waals surface area contributed by atoms with Gasteiger partial charge in [0.05, 0.1) is 20.6 Å². The summed E-state index contributed by atoms with van der Waals surface area (Å²) in [6.07, 6.45) is 0.164. The van der Waals surface area contributed by atoms with Crippen LogP contribution in [0.3, 0.4) is 0 Å². The summed E-state index contributed by atoms with van der Waals surface area (Å²) in [5, 5.41) is 2.79. The quantitative estimate of drug-likeness (QED) is 0.722. The van der Waals surface area contributed by atoms with Crippen LogP contribution in [0.25, 0.3) is 0 Å². The third-order valence-corrected chi connectivity index (χ3v) is 4.52. The zero-order valence-corrected chi connectivity index (χ0v) is 16.9. The van der Waals surface area contributed by atoms with Crippen LogP contribution in [0.1, 0.15) is 25.0 Å². The number of benzene rings is 2. The lowest BCUT2D eigenvalue weighted by atomic mass is 10.1. The van der Waals surface area contributed by atoms with E-state index in [0.29, 0.717) is 24.6 Å². The molecule has 1 N–H and O–H groups in total. The average Bonchev–Trinajstić information content (AvgIpc) is 2.72. The number of carbonyl (C=O) groups is 2. The molecule has 0 aliphatic heterocycles. The van der Waals surface area contributed by atoms with Gasteiger partial charge in [0.25, 0.3) is 0 Å². The average molecular weight is 384 g/mol. The molecule has 0 aromatic heterocycles. The standard InChI is InChI=1S/C22H28N2O4/c1-5-23-22(26)16(2)24(15-17-9-7-6-8-10-17)21(25)14-18-11-12-19(27-3)20(13-18)28-4/h6-13,16H,5,14-15H2,1-4H3,(H,23,26)/t16-/m1/s1. The minimum absolute atomic E-state index is 0.130. The Labute approximate surface area is 166 Å². The van der Waals surface area contributed by atoms with Crippen LogP contribution in [-0.2, 0) is 22.6 Å². The summed E-state index contributed by atoms with van der Waals surface area (Å²) in [5.74, 6) is 0.878. The maximum absolute atomic E-state index is 13.1. The van der Waals surface area contributed by atoms with E-state index in [9.17, 15) is 9.59 Å². The highest BCUT2D eigenvalue weighted by Gasteiger charge is 2.26. The van der Waals surface area contributed by atoms with E-state index < -0.39 is 6.04 Å². The van der Waals surface area contributed by atoms with E-state index in [2.05, 4.69) is 5.32 Å². The molecule has 0 saturated heterocycles. The number of ether oxygens (including phenoxy) is 2. The number of likely N-dealkylation sites (N-methyl/N-ethyl adjacent to an activating group) is 1. The highest BCUT2D eigenvalue weighted by molar-refractivity contribution is 5.88. The first-order chi connectivity index (χ1) is 13.5. The van der Waals surface area contributed by atoms with E-state index in [-0.39, 0.29) is 18.2 Å². The van der Waals surface area contributed by atoms with Gasteiger partial charge in [-0.3, -0.25) is 9.59 Å². The molecule has 6 nitrogen and oxygen atoms in total. The largest absolute Gasteiger partial charge is 0.493 e. The van der Waals surface area contributed by atoms with Crippen molar-refractivity contribution in [3.8, 4) is 11.5 Å². The van der Waals surface area contributed by atoms with E-state index in [4.69, 9.17) is 9.47 Å². The van der Waals surface area contributed by atoms with Gasteiger partial charge in [0, 0.05) is 13.1 Å². The molecule has 28 heavy (non-hydrogen) atoms. The van der Waals surface area contributed by atoms with E-state index in [1.54, 1.807) is 38.2 Å². The molecule has 0 bridgehead atoms. The number of methoxy groups -OCH3 is 2. The first-order valence-electron chi connectivity index (χ1n) is 9.32. The SMILES string of the molecule is CCNC(=O)[C@@H](C)N(Cc1ccccc1)C(=O)Cc1ccc(OC)c(OC)c1. The molecule has 0 radical (unpaired) electrons. The third kappa shape index (κ3) is 5.49. The summed E-state index contributed by atoms with van der Waals surface area (Å²) in [6, 6.07) is 14.5. The first-order valence-corrected chi connectivity index (χ1v) is 9.32. The van der Waals surface area contributed by atoms with Crippen LogP contribution in [0.15, 0.2) is 48.5 Å². The lowest BCUT2D eigenvalue weighted by Gasteiger charge is -2.29. The Hall–Kier alpha value is -3.02. The number of nitrogens with one attached hydrogen (secondary N) is 1. The predicted molar refractivity (Wildman–Crippen MR) is 108 cm³/mol. The van der Waals surface area contributed by atoms with Crippen LogP contribution in [0.4, 0.5) is 0 Å². The van der Waals surface area contributed by atoms with Gasteiger partial charge in [-0.05, 0) is 37.1 Å². The van der Waals surface area contributed by atoms with E-state index >= 15 is 0 Å². The molecule has 0 aliphatic rings. The van der Waals surface area contributed by atoms with Crippen LogP contribution in [0.5, 0.6) is 11.5 Å². The molecule has 6 heteroatoms. The summed E-state index contributed by atoms with van der Waals surface area (Å²) < 4.78 is 10.6. The monoisotopic (exact) mass is 384 g/mol. The van der Waals surface area contributed by atoms with Gasteiger partial charge < -0.3 is 19.7 Å². The Kier molecular flexibility index (Phi) is 7.87. The second kappa shape index (κ2) is 10.3. The summed E-state index contributed by atoms with van der Waals surface area (Å²) in [6.45, 7) is 4.50. The van der Waals surface area contributed by atoms with Gasteiger partial charge in [0.2, 0.25) is 11.8 Å². The third-order valence-electron chi connectivity index (χ3n) is 4.52. The van der Waals surface area contributed by atoms with Crippen molar-refractivity contribution < 1.29 is 19.1 Å². The van der Waals surface area contributed by atoms with Crippen molar-refractivity contribution in [3.05, 3.63) is 59.7 Å². The first kappa shape index (κ1) is 21.3. The van der Waals surface area contributed by atoms with Crippen LogP contribution < -0.4 is 14.8 Å². The molecule has 0 aliphatic carbocycles. The molecule has 0 spiro atoms. The van der Waals surface area contributed by atoms with Crippen LogP contribution in [-0.4, -0.2) is 43.5 Å². The number of hydrogen-bond acceptors (Lipinski definition) is 4. The number of carbonyl (C=O) groups excluding carboxylic acids is 2. The van der Waals surface area contributed by atoms with E-state index in [1.165, 1.54) is 0 Å². The Bertz CT molecular complexity index is 792. The highest BCUT2D eigenvalue weighted by Crippen LogP contribution is 2.28. The fraction of sp³-hybridized carbons (Fsp3) is 0.364. The van der Waals surface area contributed by atoms with Crippen LogP contribution in [0.2, 0.25) is 0 Å². The van der Waals surface area contributed by atoms with Crippen molar-refractivity contribution in [1.29, 1.82) is 0 Å². The minimum Gasteiger partial charge on any atom is -0.493 e. The molecule has 0 fully saturated rings. The fourth-order valence-corrected chi connectivity index (χ4v) is 2.95. The Morgan fingerprint density at radius 2 is 1.68 bits per heavy atom. The summed E-state index contributed by atoms with van der Waals surface area (Å²) in [7, 11) is 3.13. The smallest absolute Gasteiger partial charge is 0.242 e. The molecule has 2 aromatic rings. The molecule has 0 saturated carbocycles. The van der Waals surface area contributed by atoms with Crippen LogP contribution >= 0.6 is 0 Å². The van der Waals surface area contributed by atoms with Gasteiger partial charge in [-0.25, -0.2) is 0 Å². The zero-order chi connectivity index (χ0) is 20.5. The molecule has 0 heterocycles. The lowest BCUT2D eigenvalue weighted by molar-refractivity contribution is -0.140. The molecule has 150 valence electrons. The Balaban J connectivity index is 2.23. The summed E-state index contributed by atoms with van der Waals surface area (Å²) in [4.78, 5) is 27.1. The van der Waals surface area contributed by atoms with E-state index in [0.717, 1.165) is 11.1 Å². The molecule has 0 unspecified atom stereocenters. The van der Waals surface area contributed by atoms with Gasteiger partial charge in [0.15, 0.2) is 11.5 Å². The topological polar surface area (TPSA) is 67.9 Å². The normalized spacial score (nSPS) is 11.4. The Morgan fingerprint density at radius 3 is 2.29 bits per heavy atom. The van der Waals surface area contributed by atoms with Crippen molar-refractivity contribution in [3.63, 3.8) is 0 Å². The van der Waals surface area contributed by atoms with Gasteiger partial charge in [0.1, 0.15) is 6.04 Å². The summed E-state index contributed by atoms with van der Waals surface area (Å²) >= 11 is 0. The second-order valence-electron chi connectivity index (χ2n) is 6.44. The van der Waals surface area contributed by atoms with Crippen molar-refractivity contribution in [1.82, 2.24) is 10.2 Å². The van der Waals surface area contributed by atoms with Gasteiger partial charge in [-0.15, -0.1) is 0 Å². The van der Waals surface area contributed by atoms with Gasteiger partial charge in [-0.1, -0.05) is 36.4 Å². The molecular weight excluding hydrogens is 356 g/mol. The number of hydrogen-bond donors (Lipinski definition) is 1. The van der Waals surface area contributed by atoms with E-state index in [1.807, 2.05) is 43.3 Å². The second-order valence-corrected chi connectivity index (χ2v) is 6.44. The van der Waals surface area contributed by atoms with Gasteiger partial charge in [-0.2, -0.15) is 0 Å². The number of amides is 2. The molecule has 1 atom stereocenters.